The summed E-state index contributed by atoms with van der Waals surface area (Å²) in [6, 6.07) is 5.71. The molecule has 108 valence electrons. The summed E-state index contributed by atoms with van der Waals surface area (Å²) in [4.78, 5) is 23.5. The molecule has 1 saturated carbocycles. The molecule has 1 amide bonds. The molecule has 2 atom stereocenters. The maximum Gasteiger partial charge on any atom is 0.228 e. The van der Waals surface area contributed by atoms with E-state index in [1.54, 1.807) is 0 Å². The third-order valence-corrected chi connectivity index (χ3v) is 4.27. The smallest absolute Gasteiger partial charge is 0.228 e. The number of hydrogen-bond acceptors (Lipinski definition) is 3. The number of carbonyl (C=O) groups is 2. The number of rotatable bonds is 3. The molecular formula is C16H20NO3-. The predicted molar refractivity (Wildman–Crippen MR) is 75.0 cm³/mol. The molecule has 0 radical (unpaired) electrons. The highest BCUT2D eigenvalue weighted by Gasteiger charge is 2.31. The molecule has 0 unspecified atom stereocenters. The maximum atomic E-state index is 12.3. The molecule has 1 aromatic rings. The second kappa shape index (κ2) is 6.07. The number of carboxylic acids is 1. The Kier molecular flexibility index (Phi) is 4.42. The van der Waals surface area contributed by atoms with E-state index in [0.29, 0.717) is 12.8 Å². The molecule has 0 heterocycles. The van der Waals surface area contributed by atoms with Gasteiger partial charge in [-0.1, -0.05) is 25.0 Å². The van der Waals surface area contributed by atoms with Crippen molar-refractivity contribution in [3.63, 3.8) is 0 Å². The fraction of sp³-hybridized carbons (Fsp3) is 0.500. The highest BCUT2D eigenvalue weighted by Crippen LogP contribution is 2.31. The molecule has 1 aliphatic carbocycles. The molecule has 0 aliphatic heterocycles. The third-order valence-electron chi connectivity index (χ3n) is 4.27. The van der Waals surface area contributed by atoms with Crippen molar-refractivity contribution in [1.29, 1.82) is 0 Å². The van der Waals surface area contributed by atoms with Gasteiger partial charge >= 0.3 is 0 Å². The van der Waals surface area contributed by atoms with Gasteiger partial charge < -0.3 is 15.2 Å². The van der Waals surface area contributed by atoms with Crippen molar-refractivity contribution in [2.24, 2.45) is 11.8 Å². The van der Waals surface area contributed by atoms with E-state index in [-0.39, 0.29) is 5.91 Å². The molecule has 0 bridgehead atoms. The third kappa shape index (κ3) is 3.00. The van der Waals surface area contributed by atoms with Crippen LogP contribution in [0.5, 0.6) is 0 Å². The zero-order valence-corrected chi connectivity index (χ0v) is 11.9. The Balaban J connectivity index is 2.14. The molecule has 4 nitrogen and oxygen atoms in total. The van der Waals surface area contributed by atoms with Crippen LogP contribution < -0.4 is 10.4 Å². The number of nitrogens with one attached hydrogen (secondary N) is 1. The normalized spacial score (nSPS) is 22.3. The van der Waals surface area contributed by atoms with E-state index in [0.717, 1.165) is 29.7 Å². The van der Waals surface area contributed by atoms with Crippen molar-refractivity contribution in [2.45, 2.75) is 39.5 Å². The van der Waals surface area contributed by atoms with Crippen LogP contribution in [0.1, 0.15) is 36.8 Å². The Morgan fingerprint density at radius 3 is 2.45 bits per heavy atom. The van der Waals surface area contributed by atoms with E-state index in [2.05, 4.69) is 5.32 Å². The summed E-state index contributed by atoms with van der Waals surface area (Å²) in [5.74, 6) is -2.44. The van der Waals surface area contributed by atoms with E-state index in [4.69, 9.17) is 0 Å². The molecular weight excluding hydrogens is 254 g/mol. The highest BCUT2D eigenvalue weighted by atomic mass is 16.4. The van der Waals surface area contributed by atoms with Gasteiger partial charge in [0.25, 0.3) is 0 Å². The van der Waals surface area contributed by atoms with Crippen molar-refractivity contribution in [3.8, 4) is 0 Å². The van der Waals surface area contributed by atoms with Gasteiger partial charge in [0.15, 0.2) is 0 Å². The van der Waals surface area contributed by atoms with Crippen LogP contribution >= 0.6 is 0 Å². The quantitative estimate of drug-likeness (QED) is 0.913. The summed E-state index contributed by atoms with van der Waals surface area (Å²) >= 11 is 0. The number of benzene rings is 1. The van der Waals surface area contributed by atoms with Gasteiger partial charge in [0.05, 0.1) is 0 Å². The molecule has 0 spiro atoms. The van der Waals surface area contributed by atoms with E-state index in [1.165, 1.54) is 0 Å². The summed E-state index contributed by atoms with van der Waals surface area (Å²) in [7, 11) is 0. The van der Waals surface area contributed by atoms with Crippen LogP contribution in [-0.4, -0.2) is 11.9 Å². The van der Waals surface area contributed by atoms with Gasteiger partial charge in [0.2, 0.25) is 5.91 Å². The predicted octanol–water partition coefficient (Wildman–Crippen LogP) is 1.80. The Hall–Kier alpha value is -1.84. The Morgan fingerprint density at radius 2 is 1.80 bits per heavy atom. The molecule has 0 aromatic heterocycles. The van der Waals surface area contributed by atoms with E-state index < -0.39 is 17.8 Å². The summed E-state index contributed by atoms with van der Waals surface area (Å²) in [5, 5.41) is 14.0. The van der Waals surface area contributed by atoms with Gasteiger partial charge in [0.1, 0.15) is 0 Å². The van der Waals surface area contributed by atoms with Crippen molar-refractivity contribution in [2.75, 3.05) is 5.32 Å². The fourth-order valence-corrected chi connectivity index (χ4v) is 2.84. The molecule has 2 rings (SSSR count). The lowest BCUT2D eigenvalue weighted by molar-refractivity contribution is -0.313. The van der Waals surface area contributed by atoms with Crippen molar-refractivity contribution >= 4 is 17.6 Å². The first kappa shape index (κ1) is 14.6. The van der Waals surface area contributed by atoms with Crippen LogP contribution in [0.4, 0.5) is 5.69 Å². The number of carbonyl (C=O) groups excluding carboxylic acids is 2. The first-order valence-corrected chi connectivity index (χ1v) is 7.08. The number of amides is 1. The minimum absolute atomic E-state index is 0.201. The summed E-state index contributed by atoms with van der Waals surface area (Å²) in [6.45, 7) is 3.93. The molecule has 20 heavy (non-hydrogen) atoms. The minimum atomic E-state index is -1.11. The molecule has 1 N–H and O–H groups in total. The molecule has 4 heteroatoms. The number of aliphatic carboxylic acids is 1. The van der Waals surface area contributed by atoms with E-state index in [1.807, 2.05) is 32.0 Å². The Labute approximate surface area is 119 Å². The summed E-state index contributed by atoms with van der Waals surface area (Å²) in [6.07, 6.45) is 2.91. The monoisotopic (exact) mass is 274 g/mol. The zero-order chi connectivity index (χ0) is 14.7. The maximum absolute atomic E-state index is 12.3. The zero-order valence-electron chi connectivity index (χ0n) is 11.9. The lowest BCUT2D eigenvalue weighted by Crippen LogP contribution is -2.42. The van der Waals surface area contributed by atoms with Gasteiger partial charge in [-0.3, -0.25) is 4.79 Å². The molecule has 1 fully saturated rings. The first-order valence-electron chi connectivity index (χ1n) is 7.08. The summed E-state index contributed by atoms with van der Waals surface area (Å²) < 4.78 is 0. The van der Waals surface area contributed by atoms with Crippen molar-refractivity contribution in [1.82, 2.24) is 0 Å². The minimum Gasteiger partial charge on any atom is -0.550 e. The van der Waals surface area contributed by atoms with Crippen LogP contribution in [0.2, 0.25) is 0 Å². The molecule has 0 saturated heterocycles. The topological polar surface area (TPSA) is 69.2 Å². The second-order valence-electron chi connectivity index (χ2n) is 5.55. The second-order valence-corrected chi connectivity index (χ2v) is 5.55. The van der Waals surface area contributed by atoms with Gasteiger partial charge in [0, 0.05) is 23.5 Å². The van der Waals surface area contributed by atoms with Crippen molar-refractivity contribution < 1.29 is 14.7 Å². The van der Waals surface area contributed by atoms with Crippen LogP contribution in [-0.2, 0) is 9.59 Å². The van der Waals surface area contributed by atoms with Gasteiger partial charge in [-0.25, -0.2) is 0 Å². The van der Waals surface area contributed by atoms with Gasteiger partial charge in [-0.15, -0.1) is 0 Å². The van der Waals surface area contributed by atoms with Crippen LogP contribution in [0.25, 0.3) is 0 Å². The molecule has 1 aromatic carbocycles. The average Bonchev–Trinajstić information content (AvgIpc) is 2.43. The first-order chi connectivity index (χ1) is 9.50. The fourth-order valence-electron chi connectivity index (χ4n) is 2.84. The van der Waals surface area contributed by atoms with Gasteiger partial charge in [-0.05, 0) is 43.9 Å². The largest absolute Gasteiger partial charge is 0.550 e. The SMILES string of the molecule is Cc1cccc(NC(=O)[C@@H]2CCCC[C@@H]2C(=O)[O-])c1C. The number of carboxylic acid groups (broad SMARTS) is 1. The standard InChI is InChI=1S/C16H21NO3/c1-10-6-5-9-14(11(10)2)17-15(18)12-7-3-4-8-13(12)16(19)20/h5-6,9,12-13H,3-4,7-8H2,1-2H3,(H,17,18)(H,19,20)/p-1/t12-,13+/m1/s1. The number of anilines is 1. The van der Waals surface area contributed by atoms with Crippen LogP contribution in [0.15, 0.2) is 18.2 Å². The lowest BCUT2D eigenvalue weighted by Gasteiger charge is -2.31. The van der Waals surface area contributed by atoms with Crippen molar-refractivity contribution in [3.05, 3.63) is 29.3 Å². The lowest BCUT2D eigenvalue weighted by atomic mass is 9.78. The van der Waals surface area contributed by atoms with Crippen LogP contribution in [0.3, 0.4) is 0 Å². The van der Waals surface area contributed by atoms with Gasteiger partial charge in [-0.2, -0.15) is 0 Å². The highest BCUT2D eigenvalue weighted by molar-refractivity contribution is 5.95. The van der Waals surface area contributed by atoms with Crippen LogP contribution in [0, 0.1) is 25.7 Å². The van der Waals surface area contributed by atoms with E-state index in [9.17, 15) is 14.7 Å². The Morgan fingerprint density at radius 1 is 1.15 bits per heavy atom. The molecule has 1 aliphatic rings. The summed E-state index contributed by atoms with van der Waals surface area (Å²) in [5.41, 5.74) is 2.88. The van der Waals surface area contributed by atoms with E-state index >= 15 is 0 Å². The Bertz CT molecular complexity index is 524. The number of aryl methyl sites for hydroxylation is 1. The average molecular weight is 274 g/mol. The number of hydrogen-bond donors (Lipinski definition) is 1.